The number of anilines is 2. The van der Waals surface area contributed by atoms with E-state index in [0.29, 0.717) is 4.96 Å². The maximum absolute atomic E-state index is 12.1. The van der Waals surface area contributed by atoms with Crippen molar-refractivity contribution in [2.24, 2.45) is 0 Å². The molecule has 0 atom stereocenters. The number of rotatable bonds is 7. The lowest BCUT2D eigenvalue weighted by molar-refractivity contribution is 0.257. The number of nitrogens with one attached hydrogen (secondary N) is 1. The Kier molecular flexibility index (Phi) is 6.10. The molecule has 1 aromatic carbocycles. The fraction of sp³-hybridized carbons (Fsp3) is 0.476. The summed E-state index contributed by atoms with van der Waals surface area (Å²) < 4.78 is 1.39. The predicted octanol–water partition coefficient (Wildman–Crippen LogP) is 2.65. The minimum Gasteiger partial charge on any atom is -0.369 e. The van der Waals surface area contributed by atoms with Crippen molar-refractivity contribution in [1.29, 1.82) is 0 Å². The summed E-state index contributed by atoms with van der Waals surface area (Å²) in [6.07, 6.45) is 1.80. The third-order valence-electron chi connectivity index (χ3n) is 5.33. The lowest BCUT2D eigenvalue weighted by Crippen LogP contribution is -2.46. The molecule has 1 saturated heterocycles. The van der Waals surface area contributed by atoms with Gasteiger partial charge in [0.15, 0.2) is 0 Å². The smallest absolute Gasteiger partial charge is 0.275 e. The van der Waals surface area contributed by atoms with Crippen molar-refractivity contribution in [3.63, 3.8) is 0 Å². The highest BCUT2D eigenvalue weighted by Crippen LogP contribution is 2.18. The van der Waals surface area contributed by atoms with Gasteiger partial charge in [-0.25, -0.2) is 4.98 Å². The number of hydrogen-bond donors (Lipinski definition) is 1. The van der Waals surface area contributed by atoms with E-state index < -0.39 is 0 Å². The molecule has 0 aliphatic carbocycles. The maximum Gasteiger partial charge on any atom is 0.275 e. The molecule has 0 bridgehead atoms. The van der Waals surface area contributed by atoms with Gasteiger partial charge in [-0.1, -0.05) is 30.4 Å². The van der Waals surface area contributed by atoms with Gasteiger partial charge >= 0.3 is 0 Å². The molecular formula is C21H28N6OS. The molecule has 3 heterocycles. The molecule has 2 aromatic heterocycles. The topological polar surface area (TPSA) is 65.8 Å². The molecule has 0 spiro atoms. The number of aromatic nitrogens is 3. The molecular weight excluding hydrogens is 384 g/mol. The minimum absolute atomic E-state index is 0.109. The Bertz CT molecular complexity index is 1020. The predicted molar refractivity (Wildman–Crippen MR) is 119 cm³/mol. The van der Waals surface area contributed by atoms with Gasteiger partial charge in [0.1, 0.15) is 0 Å². The molecule has 29 heavy (non-hydrogen) atoms. The average molecular weight is 413 g/mol. The summed E-state index contributed by atoms with van der Waals surface area (Å²) in [5.41, 5.74) is 3.35. The lowest BCUT2D eigenvalue weighted by Gasteiger charge is -2.36. The molecule has 0 radical (unpaired) electrons. The van der Waals surface area contributed by atoms with Crippen LogP contribution in [0.25, 0.3) is 4.96 Å². The zero-order chi connectivity index (χ0) is 20.2. The van der Waals surface area contributed by atoms with Gasteiger partial charge < -0.3 is 10.2 Å². The number of fused-ring (bicyclic) bond motifs is 1. The highest BCUT2D eigenvalue weighted by atomic mass is 32.1. The molecule has 154 valence electrons. The Morgan fingerprint density at radius 2 is 2.00 bits per heavy atom. The second-order valence-electron chi connectivity index (χ2n) is 7.49. The van der Waals surface area contributed by atoms with Crippen LogP contribution in [0.3, 0.4) is 0 Å². The third-order valence-corrected chi connectivity index (χ3v) is 6.19. The first kappa shape index (κ1) is 19.8. The zero-order valence-electron chi connectivity index (χ0n) is 17.1. The van der Waals surface area contributed by atoms with Crippen molar-refractivity contribution < 1.29 is 0 Å². The number of benzene rings is 1. The number of nitrogens with zero attached hydrogens (tertiary/aromatic N) is 5. The van der Waals surface area contributed by atoms with E-state index in [1.165, 1.54) is 27.1 Å². The molecule has 7 nitrogen and oxygen atoms in total. The van der Waals surface area contributed by atoms with Crippen LogP contribution >= 0.6 is 11.3 Å². The normalized spacial score (nSPS) is 15.2. The summed E-state index contributed by atoms with van der Waals surface area (Å²) in [7, 11) is 0. The van der Waals surface area contributed by atoms with Gasteiger partial charge in [-0.2, -0.15) is 4.52 Å². The first-order valence-corrected chi connectivity index (χ1v) is 11.1. The molecule has 1 aliphatic heterocycles. The van der Waals surface area contributed by atoms with Gasteiger partial charge in [0, 0.05) is 50.2 Å². The van der Waals surface area contributed by atoms with Gasteiger partial charge in [-0.05, 0) is 44.0 Å². The van der Waals surface area contributed by atoms with Crippen LogP contribution < -0.4 is 15.8 Å². The van der Waals surface area contributed by atoms with E-state index in [-0.39, 0.29) is 5.56 Å². The Morgan fingerprint density at radius 3 is 2.76 bits per heavy atom. The van der Waals surface area contributed by atoms with E-state index in [2.05, 4.69) is 56.4 Å². The Hall–Kier alpha value is -2.45. The summed E-state index contributed by atoms with van der Waals surface area (Å²) in [4.78, 5) is 22.2. The van der Waals surface area contributed by atoms with Crippen molar-refractivity contribution in [2.45, 2.75) is 26.7 Å². The fourth-order valence-corrected chi connectivity index (χ4v) is 4.51. The first-order valence-electron chi connectivity index (χ1n) is 10.3. The second-order valence-corrected chi connectivity index (χ2v) is 8.44. The molecule has 0 unspecified atom stereocenters. The molecule has 3 aromatic rings. The van der Waals surface area contributed by atoms with Crippen molar-refractivity contribution in [3.05, 3.63) is 51.9 Å². The average Bonchev–Trinajstić information content (AvgIpc) is 3.15. The second kappa shape index (κ2) is 8.92. The standard InChI is InChI=1S/C21H28N6OS/c1-3-17-15-19(28)27-21(23-17)29-20(24-27)22-8-5-9-25-10-12-26(13-11-25)18-7-4-6-16(2)14-18/h4,6-7,14-15H,3,5,8-13H2,1-2H3,(H,22,24). The summed E-state index contributed by atoms with van der Waals surface area (Å²) in [5.74, 6) is 0. The van der Waals surface area contributed by atoms with E-state index in [0.717, 1.165) is 62.9 Å². The van der Waals surface area contributed by atoms with Crippen LogP contribution in [0.4, 0.5) is 10.8 Å². The van der Waals surface area contributed by atoms with Crippen LogP contribution in [0, 0.1) is 6.92 Å². The van der Waals surface area contributed by atoms with Crippen LogP contribution in [0.15, 0.2) is 35.1 Å². The molecule has 1 fully saturated rings. The van der Waals surface area contributed by atoms with E-state index >= 15 is 0 Å². The Balaban J connectivity index is 1.23. The summed E-state index contributed by atoms with van der Waals surface area (Å²) in [5, 5.41) is 8.46. The number of hydrogen-bond acceptors (Lipinski definition) is 7. The summed E-state index contributed by atoms with van der Waals surface area (Å²) in [6, 6.07) is 10.3. The molecule has 1 N–H and O–H groups in total. The van der Waals surface area contributed by atoms with Gasteiger partial charge in [0.05, 0.1) is 0 Å². The molecule has 0 saturated carbocycles. The van der Waals surface area contributed by atoms with E-state index in [4.69, 9.17) is 0 Å². The minimum atomic E-state index is -0.109. The van der Waals surface area contributed by atoms with Gasteiger partial charge in [0.25, 0.3) is 5.56 Å². The molecule has 8 heteroatoms. The Labute approximate surface area is 175 Å². The van der Waals surface area contributed by atoms with Crippen molar-refractivity contribution >= 4 is 27.1 Å². The highest BCUT2D eigenvalue weighted by molar-refractivity contribution is 7.20. The zero-order valence-corrected chi connectivity index (χ0v) is 17.9. The number of aryl methyl sites for hydroxylation is 2. The highest BCUT2D eigenvalue weighted by Gasteiger charge is 2.17. The molecule has 0 amide bonds. The van der Waals surface area contributed by atoms with Gasteiger partial charge in [-0.3, -0.25) is 9.69 Å². The largest absolute Gasteiger partial charge is 0.369 e. The third kappa shape index (κ3) is 4.76. The Morgan fingerprint density at radius 1 is 1.17 bits per heavy atom. The van der Waals surface area contributed by atoms with E-state index in [9.17, 15) is 4.79 Å². The van der Waals surface area contributed by atoms with Crippen LogP contribution in [-0.4, -0.2) is 58.8 Å². The van der Waals surface area contributed by atoms with E-state index in [1.807, 2.05) is 6.92 Å². The van der Waals surface area contributed by atoms with Crippen LogP contribution in [-0.2, 0) is 6.42 Å². The lowest BCUT2D eigenvalue weighted by atomic mass is 10.2. The van der Waals surface area contributed by atoms with Crippen LogP contribution in [0.5, 0.6) is 0 Å². The van der Waals surface area contributed by atoms with Gasteiger partial charge in [0.2, 0.25) is 10.1 Å². The molecule has 1 aliphatic rings. The summed E-state index contributed by atoms with van der Waals surface area (Å²) in [6.45, 7) is 10.4. The van der Waals surface area contributed by atoms with Crippen LogP contribution in [0.2, 0.25) is 0 Å². The van der Waals surface area contributed by atoms with Crippen LogP contribution in [0.1, 0.15) is 24.6 Å². The number of piperazine rings is 1. The van der Waals surface area contributed by atoms with Crippen molar-refractivity contribution in [2.75, 3.05) is 49.5 Å². The van der Waals surface area contributed by atoms with Crippen molar-refractivity contribution in [1.82, 2.24) is 19.5 Å². The maximum atomic E-state index is 12.1. The SMILES string of the molecule is CCc1cc(=O)n2nc(NCCCN3CCN(c4cccc(C)c4)CC3)sc2n1. The summed E-state index contributed by atoms with van der Waals surface area (Å²) >= 11 is 1.44. The quantitative estimate of drug-likeness (QED) is 0.602. The first-order chi connectivity index (χ1) is 14.1. The van der Waals surface area contributed by atoms with Crippen molar-refractivity contribution in [3.8, 4) is 0 Å². The monoisotopic (exact) mass is 412 g/mol. The van der Waals surface area contributed by atoms with Gasteiger partial charge in [-0.15, -0.1) is 5.10 Å². The molecule has 4 rings (SSSR count). The van der Waals surface area contributed by atoms with E-state index in [1.54, 1.807) is 6.07 Å². The fourth-order valence-electron chi connectivity index (χ4n) is 3.66.